The third-order valence-electron chi connectivity index (χ3n) is 4.46. The minimum absolute atomic E-state index is 0.0695. The SMILES string of the molecule is COCCNC(=O)c1ccccc1NS(=O)(=O)c1ccc(N2C(=O)CCC2=O)cc1. The molecular formula is C20H21N3O6S. The molecule has 0 unspecified atom stereocenters. The highest BCUT2D eigenvalue weighted by Gasteiger charge is 2.30. The summed E-state index contributed by atoms with van der Waals surface area (Å²) in [5.41, 5.74) is 0.614. The minimum atomic E-state index is -4.00. The standard InChI is InChI=1S/C20H21N3O6S/c1-29-13-12-21-20(26)16-4-2-3-5-17(16)22-30(27,28)15-8-6-14(7-9-15)23-18(24)10-11-19(23)25/h2-9,22H,10-13H2,1H3,(H,21,26). The first-order chi connectivity index (χ1) is 14.3. The number of imide groups is 1. The smallest absolute Gasteiger partial charge is 0.261 e. The maximum atomic E-state index is 12.8. The van der Waals surface area contributed by atoms with E-state index in [1.807, 2.05) is 0 Å². The van der Waals surface area contributed by atoms with Crippen molar-refractivity contribution in [1.82, 2.24) is 5.32 Å². The van der Waals surface area contributed by atoms with Crippen molar-refractivity contribution in [1.29, 1.82) is 0 Å². The third kappa shape index (κ3) is 4.66. The van der Waals surface area contributed by atoms with Gasteiger partial charge in [-0.3, -0.25) is 24.0 Å². The average molecular weight is 431 g/mol. The Morgan fingerprint density at radius 3 is 2.30 bits per heavy atom. The molecule has 30 heavy (non-hydrogen) atoms. The van der Waals surface area contributed by atoms with Crippen LogP contribution in [0.5, 0.6) is 0 Å². The van der Waals surface area contributed by atoms with E-state index in [0.717, 1.165) is 4.90 Å². The topological polar surface area (TPSA) is 122 Å². The van der Waals surface area contributed by atoms with Crippen LogP contribution in [0.25, 0.3) is 0 Å². The number of hydrogen-bond acceptors (Lipinski definition) is 6. The molecule has 0 atom stereocenters. The molecule has 0 saturated carbocycles. The van der Waals surface area contributed by atoms with Gasteiger partial charge >= 0.3 is 0 Å². The third-order valence-corrected chi connectivity index (χ3v) is 5.85. The van der Waals surface area contributed by atoms with Crippen LogP contribution in [-0.4, -0.2) is 46.4 Å². The second kappa shape index (κ2) is 9.06. The van der Waals surface area contributed by atoms with Gasteiger partial charge in [0.05, 0.1) is 28.4 Å². The van der Waals surface area contributed by atoms with Crippen molar-refractivity contribution in [3.05, 3.63) is 54.1 Å². The maximum Gasteiger partial charge on any atom is 0.261 e. The Balaban J connectivity index is 1.79. The van der Waals surface area contributed by atoms with Crippen molar-refractivity contribution in [2.45, 2.75) is 17.7 Å². The molecule has 1 aliphatic rings. The number of anilines is 2. The molecule has 0 aromatic heterocycles. The lowest BCUT2D eigenvalue weighted by Gasteiger charge is -2.15. The van der Waals surface area contributed by atoms with Gasteiger partial charge < -0.3 is 10.1 Å². The van der Waals surface area contributed by atoms with Crippen molar-refractivity contribution >= 4 is 39.1 Å². The number of nitrogens with zero attached hydrogens (tertiary/aromatic N) is 1. The fourth-order valence-corrected chi connectivity index (χ4v) is 4.05. The molecule has 2 aromatic rings. The van der Waals surface area contributed by atoms with E-state index in [1.165, 1.54) is 43.5 Å². The normalized spacial score (nSPS) is 14.1. The summed E-state index contributed by atoms with van der Waals surface area (Å²) in [6.45, 7) is 0.611. The zero-order valence-electron chi connectivity index (χ0n) is 16.3. The number of rotatable bonds is 8. The highest BCUT2D eigenvalue weighted by atomic mass is 32.2. The summed E-state index contributed by atoms with van der Waals surface area (Å²) in [5.74, 6) is -1.07. The molecule has 1 aliphatic heterocycles. The summed E-state index contributed by atoms with van der Waals surface area (Å²) in [6.07, 6.45) is 0.285. The Morgan fingerprint density at radius 1 is 1.03 bits per heavy atom. The van der Waals surface area contributed by atoms with Crippen LogP contribution in [0.3, 0.4) is 0 Å². The van der Waals surface area contributed by atoms with Crippen LogP contribution in [0.4, 0.5) is 11.4 Å². The summed E-state index contributed by atoms with van der Waals surface area (Å²) >= 11 is 0. The maximum absolute atomic E-state index is 12.8. The molecule has 1 fully saturated rings. The molecule has 2 aromatic carbocycles. The lowest BCUT2D eigenvalue weighted by molar-refractivity contribution is -0.121. The van der Waals surface area contributed by atoms with Gasteiger partial charge in [0.25, 0.3) is 15.9 Å². The van der Waals surface area contributed by atoms with Gasteiger partial charge in [0.15, 0.2) is 0 Å². The molecule has 1 saturated heterocycles. The molecule has 3 amide bonds. The zero-order chi connectivity index (χ0) is 21.7. The summed E-state index contributed by atoms with van der Waals surface area (Å²) in [6, 6.07) is 11.6. The van der Waals surface area contributed by atoms with E-state index in [4.69, 9.17) is 4.74 Å². The van der Waals surface area contributed by atoms with Gasteiger partial charge in [-0.05, 0) is 36.4 Å². The van der Waals surface area contributed by atoms with Gasteiger partial charge in [-0.25, -0.2) is 8.42 Å². The predicted molar refractivity (Wildman–Crippen MR) is 110 cm³/mol. The van der Waals surface area contributed by atoms with Crippen molar-refractivity contribution in [2.75, 3.05) is 29.9 Å². The van der Waals surface area contributed by atoms with E-state index in [0.29, 0.717) is 12.3 Å². The Kier molecular flexibility index (Phi) is 6.48. The number of carbonyl (C=O) groups excluding carboxylic acids is 3. The van der Waals surface area contributed by atoms with E-state index in [2.05, 4.69) is 10.0 Å². The van der Waals surface area contributed by atoms with E-state index < -0.39 is 15.9 Å². The number of methoxy groups -OCH3 is 1. The Bertz CT molecular complexity index is 1050. The van der Waals surface area contributed by atoms with E-state index >= 15 is 0 Å². The number of ether oxygens (including phenoxy) is 1. The highest BCUT2D eigenvalue weighted by Crippen LogP contribution is 2.25. The summed E-state index contributed by atoms with van der Waals surface area (Å²) in [4.78, 5) is 37.0. The number of sulfonamides is 1. The molecule has 3 rings (SSSR count). The largest absolute Gasteiger partial charge is 0.383 e. The Labute approximate surface area is 174 Å². The van der Waals surface area contributed by atoms with Gasteiger partial charge in [0.2, 0.25) is 11.8 Å². The molecule has 10 heteroatoms. The van der Waals surface area contributed by atoms with Gasteiger partial charge in [-0.15, -0.1) is 0 Å². The molecule has 0 bridgehead atoms. The van der Waals surface area contributed by atoms with Gasteiger partial charge in [-0.1, -0.05) is 12.1 Å². The summed E-state index contributed by atoms with van der Waals surface area (Å²) < 4.78 is 32.9. The lowest BCUT2D eigenvalue weighted by atomic mass is 10.2. The van der Waals surface area contributed by atoms with Crippen LogP contribution >= 0.6 is 0 Å². The number of benzene rings is 2. The minimum Gasteiger partial charge on any atom is -0.383 e. The molecule has 1 heterocycles. The number of nitrogens with one attached hydrogen (secondary N) is 2. The Morgan fingerprint density at radius 2 is 1.67 bits per heavy atom. The van der Waals surface area contributed by atoms with Crippen molar-refractivity contribution in [3.8, 4) is 0 Å². The fourth-order valence-electron chi connectivity index (χ4n) is 2.97. The molecular weight excluding hydrogens is 410 g/mol. The molecule has 0 aliphatic carbocycles. The first-order valence-electron chi connectivity index (χ1n) is 9.18. The molecule has 2 N–H and O–H groups in total. The molecule has 9 nitrogen and oxygen atoms in total. The second-order valence-electron chi connectivity index (χ2n) is 6.52. The highest BCUT2D eigenvalue weighted by molar-refractivity contribution is 7.92. The molecule has 0 radical (unpaired) electrons. The van der Waals surface area contributed by atoms with Crippen LogP contribution in [0, 0.1) is 0 Å². The Hall–Kier alpha value is -3.24. The monoisotopic (exact) mass is 431 g/mol. The quantitative estimate of drug-likeness (QED) is 0.483. The van der Waals surface area contributed by atoms with Gasteiger partial charge in [0.1, 0.15) is 0 Å². The average Bonchev–Trinajstić information content (AvgIpc) is 3.06. The molecule has 0 spiro atoms. The van der Waals surface area contributed by atoms with Gasteiger partial charge in [-0.2, -0.15) is 0 Å². The fraction of sp³-hybridized carbons (Fsp3) is 0.250. The number of hydrogen-bond donors (Lipinski definition) is 2. The van der Waals surface area contributed by atoms with Crippen molar-refractivity contribution < 1.29 is 27.5 Å². The lowest BCUT2D eigenvalue weighted by Crippen LogP contribution is -2.28. The first-order valence-corrected chi connectivity index (χ1v) is 10.7. The zero-order valence-corrected chi connectivity index (χ0v) is 17.1. The van der Waals surface area contributed by atoms with E-state index in [-0.39, 0.29) is 47.3 Å². The summed E-state index contributed by atoms with van der Waals surface area (Å²) in [7, 11) is -2.50. The van der Waals surface area contributed by atoms with E-state index in [9.17, 15) is 22.8 Å². The number of amides is 3. The first kappa shape index (κ1) is 21.5. The predicted octanol–water partition coefficient (Wildman–Crippen LogP) is 1.52. The van der Waals surface area contributed by atoms with Crippen LogP contribution < -0.4 is 14.9 Å². The summed E-state index contributed by atoms with van der Waals surface area (Å²) in [5, 5.41) is 2.64. The second-order valence-corrected chi connectivity index (χ2v) is 8.20. The van der Waals surface area contributed by atoms with Crippen LogP contribution in [-0.2, 0) is 24.3 Å². The number of para-hydroxylation sites is 1. The number of carbonyl (C=O) groups is 3. The van der Waals surface area contributed by atoms with Crippen LogP contribution in [0.2, 0.25) is 0 Å². The van der Waals surface area contributed by atoms with Crippen LogP contribution in [0.15, 0.2) is 53.4 Å². The van der Waals surface area contributed by atoms with Crippen LogP contribution in [0.1, 0.15) is 23.2 Å². The van der Waals surface area contributed by atoms with Crippen molar-refractivity contribution in [2.24, 2.45) is 0 Å². The van der Waals surface area contributed by atoms with Gasteiger partial charge in [0, 0.05) is 26.5 Å². The molecule has 158 valence electrons. The van der Waals surface area contributed by atoms with Crippen molar-refractivity contribution in [3.63, 3.8) is 0 Å². The van der Waals surface area contributed by atoms with E-state index in [1.54, 1.807) is 12.1 Å².